The first-order chi connectivity index (χ1) is 20.3. The van der Waals surface area contributed by atoms with Crippen molar-refractivity contribution in [2.45, 2.75) is 0 Å². The molecule has 5 aromatic rings. The number of methoxy groups -OCH3 is 1. The number of pyridine rings is 1. The number of nitrogens with zero attached hydrogens (tertiary/aromatic N) is 5. The van der Waals surface area contributed by atoms with E-state index in [4.69, 9.17) is 19.4 Å². The first-order valence-electron chi connectivity index (χ1n) is 13.3. The lowest BCUT2D eigenvalue weighted by Crippen LogP contribution is -2.36. The standard InChI is InChI=1S/C30H28N6O5S/c1-40-22-6-3-5-20(19-22)28-26(33-29-27(13-14-31-36(28)29)35-15-17-41-18-16-35)12-10-21-9-11-23-24(7-4-8-25(23)32-21)30(37)34-42(2,38)39/h3-14,19H,15-18H2,1-2H3,(H,34,37). The number of carbonyl (C=O) groups is 1. The van der Waals surface area contributed by atoms with Gasteiger partial charge in [-0.2, -0.15) is 5.10 Å². The minimum atomic E-state index is -3.70. The number of benzene rings is 2. The van der Waals surface area contributed by atoms with Crippen LogP contribution in [-0.4, -0.2) is 73.6 Å². The van der Waals surface area contributed by atoms with Gasteiger partial charge in [-0.25, -0.2) is 27.6 Å². The van der Waals surface area contributed by atoms with Gasteiger partial charge in [-0.1, -0.05) is 18.2 Å². The van der Waals surface area contributed by atoms with E-state index in [0.717, 1.165) is 41.9 Å². The topological polar surface area (TPSA) is 128 Å². The summed E-state index contributed by atoms with van der Waals surface area (Å²) in [5.41, 5.74) is 5.50. The first-order valence-corrected chi connectivity index (χ1v) is 15.1. The number of rotatable bonds is 7. The predicted octanol–water partition coefficient (Wildman–Crippen LogP) is 3.65. The second-order valence-electron chi connectivity index (χ2n) is 9.77. The molecule has 2 aromatic carbocycles. The Morgan fingerprint density at radius 3 is 2.62 bits per heavy atom. The van der Waals surface area contributed by atoms with Gasteiger partial charge in [0.25, 0.3) is 5.91 Å². The van der Waals surface area contributed by atoms with Crippen molar-refractivity contribution >= 4 is 50.3 Å². The number of sulfonamides is 1. The minimum Gasteiger partial charge on any atom is -0.497 e. The lowest BCUT2D eigenvalue weighted by atomic mass is 10.1. The Labute approximate surface area is 242 Å². The predicted molar refractivity (Wildman–Crippen MR) is 161 cm³/mol. The van der Waals surface area contributed by atoms with E-state index < -0.39 is 15.9 Å². The third kappa shape index (κ3) is 5.54. The summed E-state index contributed by atoms with van der Waals surface area (Å²) in [4.78, 5) is 24.5. The highest BCUT2D eigenvalue weighted by atomic mass is 32.2. The average Bonchev–Trinajstić information content (AvgIpc) is 3.38. The Hall–Kier alpha value is -4.81. The summed E-state index contributed by atoms with van der Waals surface area (Å²) < 4.78 is 38.1. The molecule has 1 aliphatic rings. The fraction of sp³-hybridized carbons (Fsp3) is 0.200. The largest absolute Gasteiger partial charge is 0.497 e. The smallest absolute Gasteiger partial charge is 0.265 e. The Morgan fingerprint density at radius 2 is 1.83 bits per heavy atom. The Bertz CT molecular complexity index is 1950. The Kier molecular flexibility index (Phi) is 7.31. The maximum Gasteiger partial charge on any atom is 0.265 e. The van der Waals surface area contributed by atoms with Crippen LogP contribution in [0.2, 0.25) is 0 Å². The van der Waals surface area contributed by atoms with Crippen molar-refractivity contribution in [2.24, 2.45) is 0 Å². The van der Waals surface area contributed by atoms with Crippen molar-refractivity contribution < 1.29 is 22.7 Å². The Morgan fingerprint density at radius 1 is 1.02 bits per heavy atom. The first kappa shape index (κ1) is 27.4. The number of aromatic nitrogens is 4. The number of amides is 1. The quantitative estimate of drug-likeness (QED) is 0.305. The van der Waals surface area contributed by atoms with Crippen LogP contribution in [0.25, 0.3) is 40.0 Å². The van der Waals surface area contributed by atoms with Gasteiger partial charge in [0, 0.05) is 29.6 Å². The van der Waals surface area contributed by atoms with E-state index in [2.05, 4.69) is 10.00 Å². The molecule has 3 aromatic heterocycles. The van der Waals surface area contributed by atoms with Crippen LogP contribution in [0.4, 0.5) is 5.69 Å². The lowest BCUT2D eigenvalue weighted by Gasteiger charge is -2.28. The number of fused-ring (bicyclic) bond motifs is 2. The number of carbonyl (C=O) groups excluding carboxylic acids is 1. The number of anilines is 1. The van der Waals surface area contributed by atoms with Crippen LogP contribution in [0.3, 0.4) is 0 Å². The van der Waals surface area contributed by atoms with Gasteiger partial charge in [0.05, 0.1) is 55.4 Å². The summed E-state index contributed by atoms with van der Waals surface area (Å²) >= 11 is 0. The van der Waals surface area contributed by atoms with Crippen LogP contribution in [-0.2, 0) is 14.8 Å². The molecule has 0 unspecified atom stereocenters. The summed E-state index contributed by atoms with van der Waals surface area (Å²) in [6, 6.07) is 18.3. The second kappa shape index (κ2) is 11.2. The molecular formula is C30H28N6O5S. The highest BCUT2D eigenvalue weighted by molar-refractivity contribution is 7.89. The van der Waals surface area contributed by atoms with Gasteiger partial charge in [-0.05, 0) is 54.6 Å². The van der Waals surface area contributed by atoms with Crippen LogP contribution in [0, 0.1) is 0 Å². The molecule has 0 atom stereocenters. The molecule has 1 saturated heterocycles. The number of hydrogen-bond donors (Lipinski definition) is 1. The Balaban J connectivity index is 1.43. The van der Waals surface area contributed by atoms with E-state index in [1.165, 1.54) is 0 Å². The molecule has 0 aliphatic carbocycles. The maximum absolute atomic E-state index is 12.5. The van der Waals surface area contributed by atoms with Crippen LogP contribution in [0.1, 0.15) is 21.7 Å². The molecule has 0 spiro atoms. The van der Waals surface area contributed by atoms with Crippen molar-refractivity contribution in [3.8, 4) is 17.0 Å². The monoisotopic (exact) mass is 584 g/mol. The van der Waals surface area contributed by atoms with Gasteiger partial charge in [0.15, 0.2) is 5.65 Å². The third-order valence-electron chi connectivity index (χ3n) is 6.91. The molecule has 42 heavy (non-hydrogen) atoms. The minimum absolute atomic E-state index is 0.225. The lowest BCUT2D eigenvalue weighted by molar-refractivity contribution is 0.0983. The number of hydrogen-bond acceptors (Lipinski definition) is 9. The van der Waals surface area contributed by atoms with E-state index in [1.807, 2.05) is 51.7 Å². The van der Waals surface area contributed by atoms with Crippen LogP contribution < -0.4 is 14.4 Å². The third-order valence-corrected chi connectivity index (χ3v) is 7.46. The number of morpholine rings is 1. The molecule has 1 fully saturated rings. The second-order valence-corrected chi connectivity index (χ2v) is 11.5. The van der Waals surface area contributed by atoms with Gasteiger partial charge < -0.3 is 14.4 Å². The van der Waals surface area contributed by atoms with Gasteiger partial charge in [0.2, 0.25) is 10.0 Å². The van der Waals surface area contributed by atoms with Crippen LogP contribution >= 0.6 is 0 Å². The van der Waals surface area contributed by atoms with Gasteiger partial charge in [-0.3, -0.25) is 4.79 Å². The SMILES string of the molecule is COc1cccc(-c2c(C=Cc3ccc4c(C(=O)NS(C)(=O)=O)cccc4n3)nc3c(N4CCOCC4)ccnn23)c1. The molecular weight excluding hydrogens is 556 g/mol. The molecule has 11 nitrogen and oxygen atoms in total. The molecule has 1 aliphatic heterocycles. The fourth-order valence-corrected chi connectivity index (χ4v) is 5.46. The molecule has 6 rings (SSSR count). The van der Waals surface area contributed by atoms with Crippen molar-refractivity contribution in [3.05, 3.63) is 83.8 Å². The van der Waals surface area contributed by atoms with Crippen LogP contribution in [0.5, 0.6) is 5.75 Å². The number of ether oxygens (including phenoxy) is 2. The summed E-state index contributed by atoms with van der Waals surface area (Å²) in [5.74, 6) is 0.0121. The van der Waals surface area contributed by atoms with Gasteiger partial charge in [-0.15, -0.1) is 0 Å². The molecule has 4 heterocycles. The van der Waals surface area contributed by atoms with Crippen LogP contribution in [0.15, 0.2) is 66.9 Å². The van der Waals surface area contributed by atoms with Crippen molar-refractivity contribution in [1.82, 2.24) is 24.3 Å². The molecule has 12 heteroatoms. The molecule has 1 amide bonds. The van der Waals surface area contributed by atoms with E-state index in [0.29, 0.717) is 41.3 Å². The molecule has 0 saturated carbocycles. The normalized spacial score (nSPS) is 14.1. The van der Waals surface area contributed by atoms with E-state index in [-0.39, 0.29) is 5.56 Å². The summed E-state index contributed by atoms with van der Waals surface area (Å²) in [5, 5.41) is 5.20. The average molecular weight is 585 g/mol. The zero-order valence-electron chi connectivity index (χ0n) is 23.0. The number of imidazole rings is 1. The summed E-state index contributed by atoms with van der Waals surface area (Å²) in [7, 11) is -2.07. The zero-order valence-corrected chi connectivity index (χ0v) is 23.8. The van der Waals surface area contributed by atoms with Crippen molar-refractivity contribution in [1.29, 1.82) is 0 Å². The van der Waals surface area contributed by atoms with Gasteiger partial charge in [0.1, 0.15) is 11.4 Å². The van der Waals surface area contributed by atoms with E-state index in [1.54, 1.807) is 43.6 Å². The van der Waals surface area contributed by atoms with Crippen molar-refractivity contribution in [3.63, 3.8) is 0 Å². The molecule has 1 N–H and O–H groups in total. The maximum atomic E-state index is 12.5. The van der Waals surface area contributed by atoms with Crippen molar-refractivity contribution in [2.75, 3.05) is 44.6 Å². The highest BCUT2D eigenvalue weighted by Crippen LogP contribution is 2.32. The molecule has 0 radical (unpaired) electrons. The molecule has 214 valence electrons. The van der Waals surface area contributed by atoms with Gasteiger partial charge >= 0.3 is 0 Å². The number of nitrogens with one attached hydrogen (secondary N) is 1. The highest BCUT2D eigenvalue weighted by Gasteiger charge is 2.21. The van der Waals surface area contributed by atoms with E-state index >= 15 is 0 Å². The fourth-order valence-electron chi connectivity index (χ4n) is 5.01. The van der Waals surface area contributed by atoms with E-state index in [9.17, 15) is 13.2 Å². The molecule has 0 bridgehead atoms. The zero-order chi connectivity index (χ0) is 29.3. The summed E-state index contributed by atoms with van der Waals surface area (Å²) in [6.07, 6.45) is 6.46. The summed E-state index contributed by atoms with van der Waals surface area (Å²) in [6.45, 7) is 2.82.